The first-order valence-electron chi connectivity index (χ1n) is 6.01. The fourth-order valence-corrected chi connectivity index (χ4v) is 2.74. The quantitative estimate of drug-likeness (QED) is 0.706. The van der Waals surface area contributed by atoms with Gasteiger partial charge in [-0.25, -0.2) is 0 Å². The van der Waals surface area contributed by atoms with E-state index in [1.807, 2.05) is 6.92 Å². The van der Waals surface area contributed by atoms with Crippen molar-refractivity contribution >= 4 is 5.97 Å². The number of ether oxygens (including phenoxy) is 1. The van der Waals surface area contributed by atoms with Gasteiger partial charge in [0.1, 0.15) is 0 Å². The van der Waals surface area contributed by atoms with Gasteiger partial charge < -0.3 is 14.9 Å². The van der Waals surface area contributed by atoms with E-state index in [1.54, 1.807) is 13.8 Å². The Labute approximate surface area is 96.6 Å². The molecule has 1 fully saturated rings. The third-order valence-electron chi connectivity index (χ3n) is 3.59. The number of carbonyl (C=O) groups is 1. The van der Waals surface area contributed by atoms with Crippen molar-refractivity contribution in [2.75, 3.05) is 6.61 Å². The van der Waals surface area contributed by atoms with Crippen molar-refractivity contribution in [2.24, 2.45) is 17.8 Å². The average molecular weight is 230 g/mol. The van der Waals surface area contributed by atoms with Crippen molar-refractivity contribution in [1.82, 2.24) is 0 Å². The van der Waals surface area contributed by atoms with Crippen LogP contribution in [0.25, 0.3) is 0 Å². The van der Waals surface area contributed by atoms with Crippen LogP contribution in [0.15, 0.2) is 0 Å². The summed E-state index contributed by atoms with van der Waals surface area (Å²) in [6, 6.07) is 0. The number of aliphatic hydroxyl groups excluding tert-OH is 2. The van der Waals surface area contributed by atoms with E-state index in [2.05, 4.69) is 0 Å². The minimum Gasteiger partial charge on any atom is -0.466 e. The minimum atomic E-state index is -0.584. The van der Waals surface area contributed by atoms with Crippen LogP contribution in [0.5, 0.6) is 0 Å². The lowest BCUT2D eigenvalue weighted by Gasteiger charge is -2.28. The van der Waals surface area contributed by atoms with Gasteiger partial charge >= 0.3 is 5.97 Å². The average Bonchev–Trinajstić information content (AvgIpc) is 2.59. The largest absolute Gasteiger partial charge is 0.466 e. The molecule has 94 valence electrons. The molecule has 0 amide bonds. The smallest absolute Gasteiger partial charge is 0.308 e. The van der Waals surface area contributed by atoms with Crippen molar-refractivity contribution in [3.05, 3.63) is 0 Å². The molecule has 0 spiro atoms. The zero-order chi connectivity index (χ0) is 12.3. The van der Waals surface area contributed by atoms with Crippen molar-refractivity contribution in [2.45, 2.75) is 45.8 Å². The van der Waals surface area contributed by atoms with Crippen LogP contribution in [-0.4, -0.2) is 35.0 Å². The van der Waals surface area contributed by atoms with Crippen molar-refractivity contribution in [3.63, 3.8) is 0 Å². The van der Waals surface area contributed by atoms with Crippen molar-refractivity contribution in [1.29, 1.82) is 0 Å². The SMILES string of the molecule is CCOC(=O)[C@@H](C)[C@H]1CC[C@H](O)[C@H]1[C@H](C)O. The predicted molar refractivity (Wildman–Crippen MR) is 59.7 cm³/mol. The summed E-state index contributed by atoms with van der Waals surface area (Å²) in [5, 5.41) is 19.4. The van der Waals surface area contributed by atoms with Crippen LogP contribution in [0.4, 0.5) is 0 Å². The van der Waals surface area contributed by atoms with Gasteiger partial charge in [-0.15, -0.1) is 0 Å². The number of aliphatic hydroxyl groups is 2. The summed E-state index contributed by atoms with van der Waals surface area (Å²) in [4.78, 5) is 11.6. The van der Waals surface area contributed by atoms with E-state index in [-0.39, 0.29) is 23.7 Å². The molecule has 5 atom stereocenters. The maximum absolute atomic E-state index is 11.6. The summed E-state index contributed by atoms with van der Waals surface area (Å²) in [5.74, 6) is -0.669. The van der Waals surface area contributed by atoms with E-state index >= 15 is 0 Å². The molecule has 0 aromatic carbocycles. The Hall–Kier alpha value is -0.610. The monoisotopic (exact) mass is 230 g/mol. The highest BCUT2D eigenvalue weighted by atomic mass is 16.5. The van der Waals surface area contributed by atoms with Crippen LogP contribution in [0, 0.1) is 17.8 Å². The first-order valence-corrected chi connectivity index (χ1v) is 6.01. The molecule has 0 unspecified atom stereocenters. The molecule has 1 rings (SSSR count). The molecule has 2 N–H and O–H groups in total. The van der Waals surface area contributed by atoms with Gasteiger partial charge in [-0.3, -0.25) is 4.79 Å². The molecular weight excluding hydrogens is 208 g/mol. The van der Waals surface area contributed by atoms with Gasteiger partial charge in [-0.1, -0.05) is 6.92 Å². The van der Waals surface area contributed by atoms with Crippen molar-refractivity contribution in [3.8, 4) is 0 Å². The topological polar surface area (TPSA) is 66.8 Å². The summed E-state index contributed by atoms with van der Waals surface area (Å²) in [6.45, 7) is 5.64. The third-order valence-corrected chi connectivity index (χ3v) is 3.59. The highest BCUT2D eigenvalue weighted by Gasteiger charge is 2.43. The van der Waals surface area contributed by atoms with Gasteiger partial charge in [0.05, 0.1) is 24.7 Å². The maximum Gasteiger partial charge on any atom is 0.308 e. The second-order valence-corrected chi connectivity index (χ2v) is 4.67. The molecule has 0 bridgehead atoms. The first-order chi connectivity index (χ1) is 7.49. The fraction of sp³-hybridized carbons (Fsp3) is 0.917. The molecule has 0 aliphatic heterocycles. The number of rotatable bonds is 4. The Kier molecular flexibility index (Phi) is 4.74. The Morgan fingerprint density at radius 2 is 2.06 bits per heavy atom. The standard InChI is InChI=1S/C12H22O4/c1-4-16-12(15)7(2)9-5-6-10(14)11(9)8(3)13/h7-11,13-14H,4-6H2,1-3H3/t7-,8-,9+,10-,11-/m0/s1. The molecule has 0 heterocycles. The van der Waals surface area contributed by atoms with E-state index in [1.165, 1.54) is 0 Å². The van der Waals surface area contributed by atoms with Gasteiger partial charge in [-0.2, -0.15) is 0 Å². The first kappa shape index (κ1) is 13.5. The van der Waals surface area contributed by atoms with Crippen LogP contribution in [0.1, 0.15) is 33.6 Å². The second kappa shape index (κ2) is 5.64. The van der Waals surface area contributed by atoms with Crippen LogP contribution in [0.3, 0.4) is 0 Å². The molecular formula is C12H22O4. The Balaban J connectivity index is 2.68. The molecule has 0 aromatic heterocycles. The summed E-state index contributed by atoms with van der Waals surface area (Å²) in [7, 11) is 0. The van der Waals surface area contributed by atoms with Crippen LogP contribution in [0.2, 0.25) is 0 Å². The van der Waals surface area contributed by atoms with Crippen molar-refractivity contribution < 1.29 is 19.7 Å². The van der Waals surface area contributed by atoms with Gasteiger partial charge in [-0.05, 0) is 32.6 Å². The minimum absolute atomic E-state index is 0.0223. The van der Waals surface area contributed by atoms with Crippen LogP contribution in [-0.2, 0) is 9.53 Å². The van der Waals surface area contributed by atoms with Gasteiger partial charge in [0.2, 0.25) is 0 Å². The van der Waals surface area contributed by atoms with E-state index in [0.717, 1.165) is 6.42 Å². The molecule has 0 aromatic rings. The van der Waals surface area contributed by atoms with E-state index in [9.17, 15) is 15.0 Å². The molecule has 1 saturated carbocycles. The van der Waals surface area contributed by atoms with E-state index in [4.69, 9.17) is 4.74 Å². The molecule has 0 radical (unpaired) electrons. The Morgan fingerprint density at radius 1 is 1.44 bits per heavy atom. The zero-order valence-corrected chi connectivity index (χ0v) is 10.2. The summed E-state index contributed by atoms with van der Waals surface area (Å²) >= 11 is 0. The fourth-order valence-electron chi connectivity index (χ4n) is 2.74. The summed E-state index contributed by atoms with van der Waals surface area (Å²) < 4.78 is 4.98. The van der Waals surface area contributed by atoms with E-state index < -0.39 is 12.2 Å². The normalized spacial score (nSPS) is 33.4. The molecule has 1 aliphatic rings. The zero-order valence-electron chi connectivity index (χ0n) is 10.2. The van der Waals surface area contributed by atoms with Gasteiger partial charge in [0.15, 0.2) is 0 Å². The lowest BCUT2D eigenvalue weighted by Crippen LogP contribution is -2.35. The Bertz CT molecular complexity index is 239. The Morgan fingerprint density at radius 3 is 2.56 bits per heavy atom. The van der Waals surface area contributed by atoms with E-state index in [0.29, 0.717) is 13.0 Å². The highest BCUT2D eigenvalue weighted by molar-refractivity contribution is 5.72. The number of hydrogen-bond acceptors (Lipinski definition) is 4. The maximum atomic E-state index is 11.6. The number of carbonyl (C=O) groups excluding carboxylic acids is 1. The molecule has 1 aliphatic carbocycles. The number of hydrogen-bond donors (Lipinski definition) is 2. The summed E-state index contributed by atoms with van der Waals surface area (Å²) in [5.41, 5.74) is 0. The van der Waals surface area contributed by atoms with Crippen LogP contribution < -0.4 is 0 Å². The molecule has 4 nitrogen and oxygen atoms in total. The molecule has 16 heavy (non-hydrogen) atoms. The lowest BCUT2D eigenvalue weighted by molar-refractivity contribution is -0.150. The molecule has 0 saturated heterocycles. The number of esters is 1. The highest BCUT2D eigenvalue weighted by Crippen LogP contribution is 2.39. The van der Waals surface area contributed by atoms with Crippen LogP contribution >= 0.6 is 0 Å². The second-order valence-electron chi connectivity index (χ2n) is 4.67. The van der Waals surface area contributed by atoms with Gasteiger partial charge in [0, 0.05) is 5.92 Å². The van der Waals surface area contributed by atoms with Gasteiger partial charge in [0.25, 0.3) is 0 Å². The molecule has 4 heteroatoms. The lowest BCUT2D eigenvalue weighted by atomic mass is 9.81. The third kappa shape index (κ3) is 2.74. The summed E-state index contributed by atoms with van der Waals surface area (Å²) in [6.07, 6.45) is 0.349. The predicted octanol–water partition coefficient (Wildman–Crippen LogP) is 0.953.